The highest BCUT2D eigenvalue weighted by Gasteiger charge is 2.24. The summed E-state index contributed by atoms with van der Waals surface area (Å²) >= 11 is 0. The number of carbonyl (C=O) groups excluding carboxylic acids is 1. The molecule has 4 rings (SSSR count). The smallest absolute Gasteiger partial charge is 0.231 e. The monoisotopic (exact) mass is 491 g/mol. The van der Waals surface area contributed by atoms with Gasteiger partial charge in [0.2, 0.25) is 10.0 Å². The predicted molar refractivity (Wildman–Crippen MR) is 136 cm³/mol. The summed E-state index contributed by atoms with van der Waals surface area (Å²) in [5.74, 6) is 3.66. The number of nitrogens with two attached hydrogens (primary N) is 1. The Hall–Kier alpha value is -3.70. The molecule has 35 heavy (non-hydrogen) atoms. The number of rotatable bonds is 9. The van der Waals surface area contributed by atoms with E-state index in [2.05, 4.69) is 10.3 Å². The van der Waals surface area contributed by atoms with Gasteiger partial charge in [0.25, 0.3) is 0 Å². The molecular weight excluding hydrogens is 466 g/mol. The quantitative estimate of drug-likeness (QED) is 0.159. The fourth-order valence-electron chi connectivity index (χ4n) is 3.89. The summed E-state index contributed by atoms with van der Waals surface area (Å²) in [4.78, 5) is 23.7. The molecule has 2 aromatic heterocycles. The van der Waals surface area contributed by atoms with E-state index < -0.39 is 21.6 Å². The van der Waals surface area contributed by atoms with Crippen molar-refractivity contribution >= 4 is 32.5 Å². The van der Waals surface area contributed by atoms with Crippen LogP contribution >= 0.6 is 0 Å². The van der Waals surface area contributed by atoms with Crippen LogP contribution < -0.4 is 16.0 Å². The number of aromatic nitrogens is 2. The molecule has 0 bridgehead atoms. The van der Waals surface area contributed by atoms with E-state index >= 15 is 0 Å². The number of hydrazine groups is 1. The summed E-state index contributed by atoms with van der Waals surface area (Å²) in [6, 6.07) is 19.1. The summed E-state index contributed by atoms with van der Waals surface area (Å²) < 4.78 is 23.8. The second-order valence-electron chi connectivity index (χ2n) is 7.94. The summed E-state index contributed by atoms with van der Waals surface area (Å²) in [5.41, 5.74) is 5.89. The van der Waals surface area contributed by atoms with E-state index in [0.29, 0.717) is 28.8 Å². The first-order chi connectivity index (χ1) is 16.8. The molecule has 0 amide bonds. The van der Waals surface area contributed by atoms with Crippen LogP contribution in [-0.2, 0) is 10.0 Å². The van der Waals surface area contributed by atoms with Gasteiger partial charge < -0.3 is 10.4 Å². The van der Waals surface area contributed by atoms with Gasteiger partial charge in [0.1, 0.15) is 5.75 Å². The average molecular weight is 492 g/mol. The lowest BCUT2D eigenvalue weighted by Crippen LogP contribution is -2.35. The normalized spacial score (nSPS) is 11.5. The van der Waals surface area contributed by atoms with E-state index in [1.54, 1.807) is 23.9 Å². The number of sulfonamides is 1. The molecule has 0 atom stereocenters. The largest absolute Gasteiger partial charge is 0.395 e. The molecule has 0 unspecified atom stereocenters. The fraction of sp³-hybridized carbons (Fsp3) is 0.160. The first-order valence-electron chi connectivity index (χ1n) is 10.9. The van der Waals surface area contributed by atoms with Gasteiger partial charge in [0.05, 0.1) is 28.9 Å². The van der Waals surface area contributed by atoms with E-state index in [9.17, 15) is 13.2 Å². The van der Waals surface area contributed by atoms with Crippen LogP contribution in [0.5, 0.6) is 0 Å². The van der Waals surface area contributed by atoms with Crippen molar-refractivity contribution in [2.24, 2.45) is 5.84 Å². The molecule has 2 heterocycles. The summed E-state index contributed by atoms with van der Waals surface area (Å²) in [6.45, 7) is 2.29. The van der Waals surface area contributed by atoms with Crippen molar-refractivity contribution in [3.05, 3.63) is 78.0 Å². The fourth-order valence-corrected chi connectivity index (χ4v) is 4.46. The number of aliphatic hydroxyl groups is 1. The minimum atomic E-state index is -3.96. The van der Waals surface area contributed by atoms with Gasteiger partial charge in [-0.1, -0.05) is 36.4 Å². The lowest BCUT2D eigenvalue weighted by atomic mass is 9.96. The number of pyridine rings is 2. The number of hydrogen-bond acceptors (Lipinski definition) is 8. The van der Waals surface area contributed by atoms with Gasteiger partial charge in [-0.25, -0.2) is 13.4 Å². The predicted octanol–water partition coefficient (Wildman–Crippen LogP) is 2.65. The number of hydrogen-bond donors (Lipinski definition) is 4. The Bertz CT molecular complexity index is 1470. The minimum Gasteiger partial charge on any atom is -0.395 e. The molecule has 5 N–H and O–H groups in total. The summed E-state index contributed by atoms with van der Waals surface area (Å²) in [5, 5.41) is 12.1. The third-order valence-corrected chi connectivity index (χ3v) is 6.58. The Balaban J connectivity index is 1.72. The highest BCUT2D eigenvalue weighted by atomic mass is 32.2. The Labute approximate surface area is 203 Å². The van der Waals surface area contributed by atoms with Crippen LogP contribution in [0.4, 0.5) is 5.69 Å². The molecule has 0 spiro atoms. The zero-order valence-corrected chi connectivity index (χ0v) is 19.8. The number of Topliss-reactive ketones (excluding diaryl/α,β-unsaturated/α-hetero) is 1. The van der Waals surface area contributed by atoms with Crippen LogP contribution in [0.25, 0.3) is 33.4 Å². The maximum Gasteiger partial charge on any atom is 0.231 e. The van der Waals surface area contributed by atoms with Crippen molar-refractivity contribution in [3.8, 4) is 22.4 Å². The highest BCUT2D eigenvalue weighted by molar-refractivity contribution is 7.90. The van der Waals surface area contributed by atoms with E-state index in [1.807, 2.05) is 48.5 Å². The molecule has 2 aromatic carbocycles. The van der Waals surface area contributed by atoms with Gasteiger partial charge >= 0.3 is 0 Å². The van der Waals surface area contributed by atoms with Crippen molar-refractivity contribution in [2.75, 3.05) is 24.2 Å². The molecule has 10 heteroatoms. The molecule has 9 nitrogen and oxygen atoms in total. The molecule has 0 aliphatic rings. The van der Waals surface area contributed by atoms with Gasteiger partial charge in [-0.05, 0) is 47.9 Å². The average Bonchev–Trinajstić information content (AvgIpc) is 2.87. The molecule has 0 aliphatic heterocycles. The van der Waals surface area contributed by atoms with Crippen LogP contribution in [0.3, 0.4) is 0 Å². The van der Waals surface area contributed by atoms with E-state index in [0.717, 1.165) is 22.4 Å². The van der Waals surface area contributed by atoms with E-state index in [-0.39, 0.29) is 12.2 Å². The van der Waals surface area contributed by atoms with Crippen LogP contribution in [0.15, 0.2) is 66.9 Å². The van der Waals surface area contributed by atoms with Crippen LogP contribution in [0, 0.1) is 6.92 Å². The SMILES string of the molecule is Cc1c(-c2ccc(-c3ccc(NCCO)cc3)cc2)nc2cccnc2c1C(=O)CS(=O)(=O)NN. The van der Waals surface area contributed by atoms with Crippen LogP contribution in [0.1, 0.15) is 15.9 Å². The van der Waals surface area contributed by atoms with E-state index in [4.69, 9.17) is 15.9 Å². The molecular formula is C25H25N5O4S. The number of aliphatic hydroxyl groups excluding tert-OH is 1. The zero-order chi connectivity index (χ0) is 25.0. The third-order valence-electron chi connectivity index (χ3n) is 5.58. The summed E-state index contributed by atoms with van der Waals surface area (Å²) in [6.07, 6.45) is 1.54. The second kappa shape index (κ2) is 10.3. The molecule has 0 fully saturated rings. The van der Waals surface area contributed by atoms with E-state index in [1.165, 1.54) is 6.20 Å². The number of fused-ring (bicyclic) bond motifs is 1. The topological polar surface area (TPSA) is 147 Å². The van der Waals surface area contributed by atoms with Crippen molar-refractivity contribution in [3.63, 3.8) is 0 Å². The van der Waals surface area contributed by atoms with Gasteiger partial charge in [-0.15, -0.1) is 0 Å². The Kier molecular flexibility index (Phi) is 7.17. The lowest BCUT2D eigenvalue weighted by molar-refractivity contribution is 0.102. The standard InChI is InChI=1S/C25H25N5O4S/c1-16-23(22(32)15-35(33,34)30-26)25-21(3-2-12-28-25)29-24(16)19-6-4-17(5-7-19)18-8-10-20(11-9-18)27-13-14-31/h2-12,27,30-31H,13-15,26H2,1H3. The maximum absolute atomic E-state index is 13.0. The number of carbonyl (C=O) groups is 1. The van der Waals surface area contributed by atoms with Gasteiger partial charge in [-0.3, -0.25) is 15.6 Å². The first-order valence-corrected chi connectivity index (χ1v) is 12.5. The van der Waals surface area contributed by atoms with Gasteiger partial charge in [0.15, 0.2) is 5.78 Å². The van der Waals surface area contributed by atoms with Crippen LogP contribution in [0.2, 0.25) is 0 Å². The van der Waals surface area contributed by atoms with Crippen molar-refractivity contribution < 1.29 is 18.3 Å². The molecule has 180 valence electrons. The van der Waals surface area contributed by atoms with Crippen molar-refractivity contribution in [1.82, 2.24) is 14.8 Å². The molecule has 0 radical (unpaired) electrons. The van der Waals surface area contributed by atoms with Crippen molar-refractivity contribution in [2.45, 2.75) is 6.92 Å². The molecule has 0 saturated heterocycles. The zero-order valence-electron chi connectivity index (χ0n) is 19.0. The highest BCUT2D eigenvalue weighted by Crippen LogP contribution is 2.31. The Morgan fingerprint density at radius 3 is 2.26 bits per heavy atom. The van der Waals surface area contributed by atoms with Crippen molar-refractivity contribution in [1.29, 1.82) is 0 Å². The number of nitrogens with zero attached hydrogens (tertiary/aromatic N) is 2. The maximum atomic E-state index is 13.0. The first kappa shape index (κ1) is 24.4. The number of nitrogens with one attached hydrogen (secondary N) is 2. The summed E-state index contributed by atoms with van der Waals surface area (Å²) in [7, 11) is -3.96. The second-order valence-corrected chi connectivity index (χ2v) is 9.69. The van der Waals surface area contributed by atoms with Gasteiger partial charge in [0, 0.05) is 24.0 Å². The van der Waals surface area contributed by atoms with Gasteiger partial charge in [-0.2, -0.15) is 4.83 Å². The molecule has 0 aliphatic carbocycles. The Morgan fingerprint density at radius 2 is 1.63 bits per heavy atom. The minimum absolute atomic E-state index is 0.0640. The number of benzene rings is 2. The number of anilines is 1. The lowest BCUT2D eigenvalue weighted by Gasteiger charge is -2.14. The number of ketones is 1. The molecule has 4 aromatic rings. The molecule has 0 saturated carbocycles. The van der Waals surface area contributed by atoms with Crippen LogP contribution in [-0.4, -0.2) is 48.2 Å². The Morgan fingerprint density at radius 1 is 1.00 bits per heavy atom. The third kappa shape index (κ3) is 5.36.